The molecule has 6 heteroatoms. The summed E-state index contributed by atoms with van der Waals surface area (Å²) in [4.78, 5) is 0. The summed E-state index contributed by atoms with van der Waals surface area (Å²) in [6.07, 6.45) is 0. The first-order valence-electron chi connectivity index (χ1n) is 2.94. The Labute approximate surface area is 67.5 Å². The second kappa shape index (κ2) is 12.1. The average Bonchev–Trinajstić information content (AvgIpc) is 1.89. The molecule has 0 bridgehead atoms. The van der Waals surface area contributed by atoms with Crippen molar-refractivity contribution in [1.29, 1.82) is 0 Å². The molecule has 0 radical (unpaired) electrons. The largest absolute Gasteiger partial charge is 0.329 e. The topological polar surface area (TPSA) is 98.6 Å². The van der Waals surface area contributed by atoms with E-state index in [-0.39, 0.29) is 0 Å². The third-order valence-electron chi connectivity index (χ3n) is 0.434. The van der Waals surface area contributed by atoms with Crippen LogP contribution in [0.25, 0.3) is 0 Å². The fraction of sp³-hybridized carbons (Fsp3) is 1.00. The van der Waals surface area contributed by atoms with Gasteiger partial charge in [-0.1, -0.05) is 0 Å². The summed E-state index contributed by atoms with van der Waals surface area (Å²) in [7, 11) is 0. The van der Waals surface area contributed by atoms with Crippen LogP contribution in [0, 0.1) is 0 Å². The Kier molecular flexibility index (Phi) is 15.7. The van der Waals surface area contributed by atoms with Gasteiger partial charge in [0.05, 0.1) is 0 Å². The van der Waals surface area contributed by atoms with E-state index in [1.807, 2.05) is 0 Å². The zero-order chi connectivity index (χ0) is 8.41. The van der Waals surface area contributed by atoms with Gasteiger partial charge < -0.3 is 11.5 Å². The Hall–Kier alpha value is 0.354. The zero-order valence-electron chi connectivity index (χ0n) is 6.04. The second-order valence-corrected chi connectivity index (χ2v) is 2.56. The number of nitrogens with two attached hydrogens (primary N) is 2. The minimum atomic E-state index is -3.13. The van der Waals surface area contributed by atoms with Crippen molar-refractivity contribution in [1.82, 2.24) is 0 Å². The summed E-state index contributed by atoms with van der Waals surface area (Å²) >= 11 is -3.13. The molecule has 0 aromatic carbocycles. The predicted octanol–water partition coefficient (Wildman–Crippen LogP) is -1.29. The van der Waals surface area contributed by atoms with E-state index in [0.29, 0.717) is 19.7 Å². The van der Waals surface area contributed by atoms with E-state index in [9.17, 15) is 3.32 Å². The quantitative estimate of drug-likeness (QED) is 0.476. The summed E-state index contributed by atoms with van der Waals surface area (Å²) in [5.41, 5.74) is 9.81. The molecule has 62 valence electrons. The van der Waals surface area contributed by atoms with Gasteiger partial charge in [0.15, 0.2) is 0 Å². The van der Waals surface area contributed by atoms with Gasteiger partial charge in [-0.2, -0.15) is 0 Å². The molecule has 0 aliphatic heterocycles. The maximum absolute atomic E-state index is 9.63. The van der Waals surface area contributed by atoms with Crippen LogP contribution in [-0.4, -0.2) is 23.4 Å². The molecule has 0 spiro atoms. The fourth-order valence-corrected chi connectivity index (χ4v) is 0.509. The van der Waals surface area contributed by atoms with Crippen LogP contribution in [-0.2, 0) is 25.3 Å². The van der Waals surface area contributed by atoms with E-state index in [4.69, 9.17) is 15.2 Å². The van der Waals surface area contributed by atoms with E-state index >= 15 is 0 Å². The molecular formula is C4H14N2O3Ti. The Morgan fingerprint density at radius 2 is 1.90 bits per heavy atom. The first-order chi connectivity index (χ1) is 4.68. The van der Waals surface area contributed by atoms with E-state index in [2.05, 4.69) is 3.32 Å². The maximum Gasteiger partial charge on any atom is 0.00461 e. The van der Waals surface area contributed by atoms with Crippen molar-refractivity contribution >= 4 is 0 Å². The van der Waals surface area contributed by atoms with E-state index in [1.54, 1.807) is 6.92 Å². The van der Waals surface area contributed by atoms with Gasteiger partial charge >= 0.3 is 42.5 Å². The fourth-order valence-electron chi connectivity index (χ4n) is 0.123. The zero-order valence-corrected chi connectivity index (χ0v) is 7.60. The van der Waals surface area contributed by atoms with Crippen molar-refractivity contribution < 1.29 is 28.9 Å². The van der Waals surface area contributed by atoms with Gasteiger partial charge in [0, 0.05) is 13.1 Å². The van der Waals surface area contributed by atoms with Crippen LogP contribution in [0.4, 0.5) is 0 Å². The van der Waals surface area contributed by atoms with E-state index < -0.39 is 18.6 Å². The minimum absolute atomic E-state index is 0.343. The molecule has 0 aliphatic rings. The summed E-state index contributed by atoms with van der Waals surface area (Å²) < 4.78 is 21.8. The predicted molar refractivity (Wildman–Crippen MR) is 32.6 cm³/mol. The smallest absolute Gasteiger partial charge is 0.00461 e. The summed E-state index contributed by atoms with van der Waals surface area (Å²) in [6.45, 7) is 3.22. The molecule has 0 atom stereocenters. The third-order valence-corrected chi connectivity index (χ3v) is 1.27. The molecule has 0 aliphatic carbocycles. The Morgan fingerprint density at radius 1 is 1.50 bits per heavy atom. The van der Waals surface area contributed by atoms with Gasteiger partial charge in [-0.25, -0.2) is 0 Å². The number of rotatable bonds is 3. The Morgan fingerprint density at radius 3 is 1.90 bits per heavy atom. The van der Waals surface area contributed by atoms with Gasteiger partial charge in [0.2, 0.25) is 0 Å². The van der Waals surface area contributed by atoms with Crippen molar-refractivity contribution in [2.24, 2.45) is 11.5 Å². The molecule has 10 heavy (non-hydrogen) atoms. The monoisotopic (exact) mass is 186 g/mol. The molecule has 0 aromatic heterocycles. The number of hydrogen-bond donors (Lipinski definition) is 3. The molecule has 0 amide bonds. The normalized spacial score (nSPS) is 8.00. The molecule has 0 fully saturated rings. The molecule has 0 unspecified atom stereocenters. The third kappa shape index (κ3) is 23.8. The number of hydrogen-bond acceptors (Lipinski definition) is 4. The van der Waals surface area contributed by atoms with Crippen molar-refractivity contribution in [3.63, 3.8) is 0 Å². The van der Waals surface area contributed by atoms with Crippen molar-refractivity contribution in [3.05, 3.63) is 0 Å². The van der Waals surface area contributed by atoms with Crippen molar-refractivity contribution in [3.8, 4) is 0 Å². The molecule has 0 heterocycles. The van der Waals surface area contributed by atoms with Crippen molar-refractivity contribution in [2.45, 2.75) is 6.92 Å². The Balaban J connectivity index is 0. The summed E-state index contributed by atoms with van der Waals surface area (Å²) in [6, 6.07) is 0. The van der Waals surface area contributed by atoms with Crippen LogP contribution in [0.1, 0.15) is 6.92 Å². The summed E-state index contributed by atoms with van der Waals surface area (Å²) in [5.74, 6) is 0. The first kappa shape index (κ1) is 13.0. The second-order valence-electron chi connectivity index (χ2n) is 1.28. The van der Waals surface area contributed by atoms with Crippen LogP contribution in [0.2, 0.25) is 0 Å². The molecule has 0 saturated heterocycles. The SMILES string of the molecule is CC[O][Ti](=[O])[OH].NCCN. The standard InChI is InChI=1S/C2H8N2.C2H5O.H2O.O.Ti/c3-1-2-4;1-2-3;;;/h1-4H2;2H2,1H3;1H2;;/q;-1;;;+2/p-1. The summed E-state index contributed by atoms with van der Waals surface area (Å²) in [5, 5.41) is 0. The van der Waals surface area contributed by atoms with Crippen molar-refractivity contribution in [2.75, 3.05) is 19.7 Å². The molecule has 5 nitrogen and oxygen atoms in total. The van der Waals surface area contributed by atoms with Crippen LogP contribution in [0.3, 0.4) is 0 Å². The van der Waals surface area contributed by atoms with Gasteiger partial charge in [-0.05, 0) is 0 Å². The molecule has 0 saturated carbocycles. The van der Waals surface area contributed by atoms with E-state index in [0.717, 1.165) is 0 Å². The molecular weight excluding hydrogens is 172 g/mol. The minimum Gasteiger partial charge on any atom is -0.329 e. The average molecular weight is 186 g/mol. The maximum atomic E-state index is 9.63. The van der Waals surface area contributed by atoms with Crippen LogP contribution >= 0.6 is 0 Å². The molecule has 5 N–H and O–H groups in total. The van der Waals surface area contributed by atoms with Gasteiger partial charge in [0.1, 0.15) is 0 Å². The molecule has 0 rings (SSSR count). The van der Waals surface area contributed by atoms with Gasteiger partial charge in [-0.15, -0.1) is 0 Å². The molecule has 0 aromatic rings. The van der Waals surface area contributed by atoms with Crippen LogP contribution < -0.4 is 11.5 Å². The van der Waals surface area contributed by atoms with Gasteiger partial charge in [-0.3, -0.25) is 0 Å². The van der Waals surface area contributed by atoms with Crippen LogP contribution in [0.5, 0.6) is 0 Å². The van der Waals surface area contributed by atoms with Gasteiger partial charge in [0.25, 0.3) is 0 Å². The first-order valence-corrected chi connectivity index (χ1v) is 4.92. The Bertz CT molecular complexity index is 78.9. The van der Waals surface area contributed by atoms with E-state index in [1.165, 1.54) is 0 Å². The van der Waals surface area contributed by atoms with Crippen LogP contribution in [0.15, 0.2) is 0 Å².